The van der Waals surface area contributed by atoms with Crippen LogP contribution in [-0.4, -0.2) is 64.7 Å². The Labute approximate surface area is 367 Å². The van der Waals surface area contributed by atoms with Crippen molar-refractivity contribution in [3.8, 4) is 0 Å². The summed E-state index contributed by atoms with van der Waals surface area (Å²) in [6, 6.07) is 0. The average Bonchev–Trinajstić information content (AvgIpc) is 3.59. The minimum absolute atomic E-state index is 0.143. The summed E-state index contributed by atoms with van der Waals surface area (Å²) in [7, 11) is 0. The summed E-state index contributed by atoms with van der Waals surface area (Å²) >= 11 is 0. The number of unbranched alkanes of at least 4 members (excludes halogenated alkanes) is 11. The van der Waals surface area contributed by atoms with Crippen LogP contribution in [0.25, 0.3) is 0 Å². The third-order valence-electron chi connectivity index (χ3n) is 17.3. The Bertz CT molecular complexity index is 1330. The van der Waals surface area contributed by atoms with E-state index in [0.29, 0.717) is 17.8 Å². The second kappa shape index (κ2) is 24.2. The van der Waals surface area contributed by atoms with Gasteiger partial charge >= 0.3 is 5.97 Å². The fraction of sp³-hybridized carbons (Fsp3) is 0.906. The van der Waals surface area contributed by atoms with E-state index in [2.05, 4.69) is 66.7 Å². The van der Waals surface area contributed by atoms with Gasteiger partial charge in [-0.3, -0.25) is 4.79 Å². The highest BCUT2D eigenvalue weighted by Crippen LogP contribution is 2.67. The fourth-order valence-corrected chi connectivity index (χ4v) is 13.3. The maximum absolute atomic E-state index is 12.6. The predicted molar refractivity (Wildman–Crippen MR) is 244 cm³/mol. The molecule has 1 aliphatic heterocycles. The summed E-state index contributed by atoms with van der Waals surface area (Å²) in [6.07, 6.45) is 30.1. The number of carbonyl (C=O) groups excluding carboxylic acids is 1. The quantitative estimate of drug-likeness (QED) is 0.0477. The number of hydrogen-bond acceptors (Lipinski definition) is 7. The zero-order valence-electron chi connectivity index (χ0n) is 39.6. The van der Waals surface area contributed by atoms with Gasteiger partial charge in [-0.05, 0) is 142 Å². The molecule has 0 bridgehead atoms. The number of rotatable bonds is 25. The molecule has 4 aliphatic carbocycles. The van der Waals surface area contributed by atoms with Gasteiger partial charge in [-0.1, -0.05) is 136 Å². The normalized spacial score (nSPS) is 36.4. The fourth-order valence-electron chi connectivity index (χ4n) is 13.3. The lowest BCUT2D eigenvalue weighted by Gasteiger charge is -2.58. The largest absolute Gasteiger partial charge is 0.463 e. The van der Waals surface area contributed by atoms with E-state index in [-0.39, 0.29) is 24.1 Å². The summed E-state index contributed by atoms with van der Waals surface area (Å²) in [5.74, 6) is 5.21. The first-order valence-electron chi connectivity index (χ1n) is 25.7. The molecule has 4 fully saturated rings. The maximum atomic E-state index is 12.6. The van der Waals surface area contributed by atoms with Crippen LogP contribution < -0.4 is 0 Å². The molecule has 60 heavy (non-hydrogen) atoms. The van der Waals surface area contributed by atoms with E-state index < -0.39 is 30.7 Å². The Morgan fingerprint density at radius 1 is 0.817 bits per heavy atom. The van der Waals surface area contributed by atoms with Crippen LogP contribution in [0.5, 0.6) is 0 Å². The van der Waals surface area contributed by atoms with Gasteiger partial charge in [-0.2, -0.15) is 0 Å². The van der Waals surface area contributed by atoms with Crippen LogP contribution in [0.1, 0.15) is 209 Å². The van der Waals surface area contributed by atoms with Crippen LogP contribution in [0, 0.1) is 52.3 Å². The molecular weight excluding hydrogens is 749 g/mol. The highest BCUT2D eigenvalue weighted by Gasteiger charge is 2.59. The molecule has 0 radical (unpaired) electrons. The highest BCUT2D eigenvalue weighted by molar-refractivity contribution is 5.69. The van der Waals surface area contributed by atoms with Crippen molar-refractivity contribution in [1.29, 1.82) is 0 Å². The first kappa shape index (κ1) is 49.8. The molecule has 5 rings (SSSR count). The minimum atomic E-state index is -1.45. The third kappa shape index (κ3) is 12.7. The number of fused-ring (bicyclic) bond motifs is 5. The zero-order chi connectivity index (χ0) is 43.3. The smallest absolute Gasteiger partial charge is 0.305 e. The number of ether oxygens (including phenoxy) is 3. The van der Waals surface area contributed by atoms with Crippen molar-refractivity contribution in [3.05, 3.63) is 23.8 Å². The average molecular weight is 841 g/mol. The predicted octanol–water partition coefficient (Wildman–Crippen LogP) is 12.4. The molecule has 1 saturated heterocycles. The third-order valence-corrected chi connectivity index (χ3v) is 17.3. The van der Waals surface area contributed by atoms with Gasteiger partial charge < -0.3 is 29.5 Å². The molecule has 14 atom stereocenters. The zero-order valence-corrected chi connectivity index (χ0v) is 39.6. The Morgan fingerprint density at radius 2 is 1.50 bits per heavy atom. The van der Waals surface area contributed by atoms with Gasteiger partial charge in [0, 0.05) is 6.42 Å². The number of hydrogen-bond donors (Lipinski definition) is 3. The molecule has 0 aromatic rings. The summed E-state index contributed by atoms with van der Waals surface area (Å²) in [5, 5.41) is 32.5. The number of aliphatic hydroxyl groups excluding tert-OH is 3. The summed E-state index contributed by atoms with van der Waals surface area (Å²) in [5.41, 5.74) is 2.12. The van der Waals surface area contributed by atoms with Gasteiger partial charge in [0.2, 0.25) is 0 Å². The highest BCUT2D eigenvalue weighted by atomic mass is 16.7. The van der Waals surface area contributed by atoms with Crippen LogP contribution in [0.3, 0.4) is 0 Å². The summed E-state index contributed by atoms with van der Waals surface area (Å²) in [6.45, 7) is 17.0. The SMILES string of the molecule is CCCCCCCC/C=C\CCCCCCCC(=O)OCC1O[C@@H](O[C@H]2CC[C@@]3(C)C(=CC[C@H]4[C@@H]5CC[C@H]([C@H](C)CC[C@@H](CC)C(C)C)[C@@]5(C)CC[C@@H]43)C2)C(O)C(O)[C@@H]1O. The first-order valence-corrected chi connectivity index (χ1v) is 25.7. The van der Waals surface area contributed by atoms with Crippen molar-refractivity contribution >= 4 is 5.97 Å². The second-order valence-electron chi connectivity index (χ2n) is 21.5. The van der Waals surface area contributed by atoms with Crippen molar-refractivity contribution in [1.82, 2.24) is 0 Å². The van der Waals surface area contributed by atoms with Gasteiger partial charge in [0.1, 0.15) is 31.0 Å². The molecule has 5 aliphatic rings. The van der Waals surface area contributed by atoms with Gasteiger partial charge in [0.15, 0.2) is 6.29 Å². The molecule has 3 unspecified atom stereocenters. The van der Waals surface area contributed by atoms with Gasteiger partial charge in [0.05, 0.1) is 6.10 Å². The molecular formula is C53H92O7. The van der Waals surface area contributed by atoms with E-state index in [1.54, 1.807) is 0 Å². The second-order valence-corrected chi connectivity index (χ2v) is 21.5. The van der Waals surface area contributed by atoms with Crippen molar-refractivity contribution in [2.75, 3.05) is 6.61 Å². The van der Waals surface area contributed by atoms with E-state index in [1.807, 2.05) is 0 Å². The molecule has 0 aromatic carbocycles. The Hall–Kier alpha value is -1.25. The first-order chi connectivity index (χ1) is 28.8. The van der Waals surface area contributed by atoms with Crippen LogP contribution in [0.15, 0.2) is 23.8 Å². The van der Waals surface area contributed by atoms with E-state index in [0.717, 1.165) is 93.3 Å². The molecule has 7 nitrogen and oxygen atoms in total. The standard InChI is InChI=1S/C53H92O7/c1-8-10-11-12-13-14-15-16-17-18-19-20-21-22-23-24-47(54)58-36-46-48(55)49(56)50(57)51(60-46)59-41-31-33-52(6)40(35-41)27-28-42-44-30-29-43(53(44,7)34-32-45(42)52)38(5)25-26-39(9-2)37(3)4/h16-17,27,37-39,41-46,48-51,55-57H,8-15,18-26,28-36H2,1-7H3/b17-16-/t38-,39-,41+,42+,43-,44+,45+,46?,48-,49?,50?,51-,52+,53-/m1/s1. The molecule has 3 N–H and O–H groups in total. The Morgan fingerprint density at radius 3 is 2.18 bits per heavy atom. The molecule has 346 valence electrons. The lowest BCUT2D eigenvalue weighted by molar-refractivity contribution is -0.313. The van der Waals surface area contributed by atoms with Crippen molar-refractivity contribution in [3.63, 3.8) is 0 Å². The van der Waals surface area contributed by atoms with Crippen molar-refractivity contribution in [2.24, 2.45) is 52.3 Å². The topological polar surface area (TPSA) is 105 Å². The van der Waals surface area contributed by atoms with Crippen LogP contribution in [0.4, 0.5) is 0 Å². The van der Waals surface area contributed by atoms with Crippen LogP contribution in [0.2, 0.25) is 0 Å². The number of carbonyl (C=O) groups is 1. The minimum Gasteiger partial charge on any atom is -0.463 e. The Kier molecular flexibility index (Phi) is 20.0. The lowest BCUT2D eigenvalue weighted by atomic mass is 9.47. The van der Waals surface area contributed by atoms with E-state index in [1.165, 1.54) is 102 Å². The molecule has 0 spiro atoms. The summed E-state index contributed by atoms with van der Waals surface area (Å²) < 4.78 is 18.0. The number of allylic oxidation sites excluding steroid dienone is 3. The molecule has 0 amide bonds. The van der Waals surface area contributed by atoms with Crippen molar-refractivity contribution in [2.45, 2.75) is 246 Å². The molecule has 7 heteroatoms. The maximum Gasteiger partial charge on any atom is 0.305 e. The molecule has 0 aromatic heterocycles. The van der Waals surface area contributed by atoms with Crippen molar-refractivity contribution < 1.29 is 34.3 Å². The summed E-state index contributed by atoms with van der Waals surface area (Å²) in [4.78, 5) is 12.6. The van der Waals surface area contributed by atoms with E-state index in [9.17, 15) is 20.1 Å². The lowest BCUT2D eigenvalue weighted by Crippen LogP contribution is -2.60. The van der Waals surface area contributed by atoms with E-state index in [4.69, 9.17) is 14.2 Å². The van der Waals surface area contributed by atoms with Gasteiger partial charge in [-0.15, -0.1) is 0 Å². The number of aliphatic hydroxyl groups is 3. The van der Waals surface area contributed by atoms with Gasteiger partial charge in [0.25, 0.3) is 0 Å². The molecule has 1 heterocycles. The van der Waals surface area contributed by atoms with E-state index >= 15 is 0 Å². The van der Waals surface area contributed by atoms with Crippen LogP contribution in [-0.2, 0) is 19.0 Å². The van der Waals surface area contributed by atoms with Crippen LogP contribution >= 0.6 is 0 Å². The number of esters is 1. The van der Waals surface area contributed by atoms with Gasteiger partial charge in [-0.25, -0.2) is 0 Å². The Balaban J connectivity index is 1.02. The monoisotopic (exact) mass is 841 g/mol. The molecule has 3 saturated carbocycles.